The van der Waals surface area contributed by atoms with Crippen molar-refractivity contribution in [3.05, 3.63) is 58.2 Å². The first-order valence-corrected chi connectivity index (χ1v) is 6.58. The smallest absolute Gasteiger partial charge is 0.166 e. The Morgan fingerprint density at radius 1 is 1.21 bits per heavy atom. The van der Waals surface area contributed by atoms with Gasteiger partial charge in [-0.25, -0.2) is 13.8 Å². The summed E-state index contributed by atoms with van der Waals surface area (Å²) in [6.45, 7) is 1.81. The lowest BCUT2D eigenvalue weighted by atomic mass is 10.1. The van der Waals surface area contributed by atoms with Crippen LogP contribution in [0.1, 0.15) is 18.5 Å². The summed E-state index contributed by atoms with van der Waals surface area (Å²) in [5.41, 5.74) is 0.508. The first kappa shape index (κ1) is 13.9. The lowest BCUT2D eigenvalue weighted by Crippen LogP contribution is -2.24. The van der Waals surface area contributed by atoms with Crippen molar-refractivity contribution in [2.24, 2.45) is 0 Å². The molecule has 1 heterocycles. The zero-order valence-corrected chi connectivity index (χ0v) is 12.2. The Labute approximate surface area is 119 Å². The molecular weight excluding hydrogens is 314 g/mol. The van der Waals surface area contributed by atoms with Crippen LogP contribution in [-0.4, -0.2) is 12.0 Å². The maximum absolute atomic E-state index is 13.8. The number of rotatable bonds is 3. The third kappa shape index (κ3) is 2.92. The topological polar surface area (TPSA) is 16.1 Å². The van der Waals surface area contributed by atoms with Gasteiger partial charge in [0.05, 0.1) is 6.04 Å². The average Bonchev–Trinajstić information content (AvgIpc) is 2.38. The highest BCUT2D eigenvalue weighted by molar-refractivity contribution is 9.10. The summed E-state index contributed by atoms with van der Waals surface area (Å²) in [6.07, 6.45) is 1.52. The number of pyridine rings is 1. The summed E-state index contributed by atoms with van der Waals surface area (Å²) in [7, 11) is 1.69. The lowest BCUT2D eigenvalue weighted by Gasteiger charge is -2.26. The van der Waals surface area contributed by atoms with E-state index < -0.39 is 5.82 Å². The molecule has 1 aromatic heterocycles. The van der Waals surface area contributed by atoms with Crippen LogP contribution < -0.4 is 4.90 Å². The van der Waals surface area contributed by atoms with E-state index in [1.54, 1.807) is 30.1 Å². The van der Waals surface area contributed by atoms with Crippen molar-refractivity contribution in [1.29, 1.82) is 0 Å². The Kier molecular flexibility index (Phi) is 4.14. The van der Waals surface area contributed by atoms with Crippen LogP contribution in [-0.2, 0) is 0 Å². The average molecular weight is 327 g/mol. The van der Waals surface area contributed by atoms with Gasteiger partial charge in [-0.15, -0.1) is 0 Å². The molecule has 0 aliphatic rings. The van der Waals surface area contributed by atoms with Gasteiger partial charge >= 0.3 is 0 Å². The molecule has 2 aromatic rings. The molecule has 0 radical (unpaired) electrons. The molecule has 5 heteroatoms. The Morgan fingerprint density at radius 2 is 1.89 bits per heavy atom. The highest BCUT2D eigenvalue weighted by Gasteiger charge is 2.19. The van der Waals surface area contributed by atoms with E-state index in [1.807, 2.05) is 6.92 Å². The van der Waals surface area contributed by atoms with Crippen molar-refractivity contribution in [3.8, 4) is 0 Å². The summed E-state index contributed by atoms with van der Waals surface area (Å²) in [5, 5.41) is 0. The van der Waals surface area contributed by atoms with Gasteiger partial charge in [0.15, 0.2) is 11.6 Å². The van der Waals surface area contributed by atoms with Crippen LogP contribution in [0.25, 0.3) is 0 Å². The van der Waals surface area contributed by atoms with Crippen molar-refractivity contribution in [3.63, 3.8) is 0 Å². The molecule has 0 aliphatic carbocycles. The summed E-state index contributed by atoms with van der Waals surface area (Å²) in [5.74, 6) is -0.557. The SMILES string of the molecule is CC(c1ccccc1F)N(C)c1ncc(Br)cc1F. The number of aromatic nitrogens is 1. The normalized spacial score (nSPS) is 12.3. The van der Waals surface area contributed by atoms with Crippen LogP contribution in [0.15, 0.2) is 41.0 Å². The third-order valence-corrected chi connectivity index (χ3v) is 3.49. The maximum Gasteiger partial charge on any atom is 0.166 e. The van der Waals surface area contributed by atoms with E-state index in [9.17, 15) is 8.78 Å². The molecule has 19 heavy (non-hydrogen) atoms. The van der Waals surface area contributed by atoms with Crippen LogP contribution in [0, 0.1) is 11.6 Å². The van der Waals surface area contributed by atoms with E-state index in [4.69, 9.17) is 0 Å². The first-order valence-electron chi connectivity index (χ1n) is 5.79. The fourth-order valence-electron chi connectivity index (χ4n) is 1.87. The first-order chi connectivity index (χ1) is 9.00. The zero-order chi connectivity index (χ0) is 14.0. The van der Waals surface area contributed by atoms with Gasteiger partial charge in [0, 0.05) is 23.3 Å². The van der Waals surface area contributed by atoms with Crippen molar-refractivity contribution in [1.82, 2.24) is 4.98 Å². The van der Waals surface area contributed by atoms with Gasteiger partial charge in [0.1, 0.15) is 5.82 Å². The molecule has 100 valence electrons. The molecule has 0 saturated carbocycles. The standard InChI is InChI=1S/C14H13BrF2N2/c1-9(11-5-3-4-6-12(11)16)19(2)14-13(17)7-10(15)8-18-14/h3-9H,1-2H3. The Morgan fingerprint density at radius 3 is 2.53 bits per heavy atom. The highest BCUT2D eigenvalue weighted by Crippen LogP contribution is 2.28. The number of hydrogen-bond acceptors (Lipinski definition) is 2. The Bertz CT molecular complexity index is 589. The van der Waals surface area contributed by atoms with E-state index in [2.05, 4.69) is 20.9 Å². The monoisotopic (exact) mass is 326 g/mol. The summed E-state index contributed by atoms with van der Waals surface area (Å²) >= 11 is 3.16. The molecular formula is C14H13BrF2N2. The van der Waals surface area contributed by atoms with Crippen molar-refractivity contribution in [2.75, 3.05) is 11.9 Å². The maximum atomic E-state index is 13.8. The van der Waals surface area contributed by atoms with Gasteiger partial charge in [0.25, 0.3) is 0 Å². The lowest BCUT2D eigenvalue weighted by molar-refractivity contribution is 0.570. The number of nitrogens with zero attached hydrogens (tertiary/aromatic N) is 2. The second kappa shape index (κ2) is 5.65. The molecule has 0 spiro atoms. The second-order valence-corrected chi connectivity index (χ2v) is 5.18. The van der Waals surface area contributed by atoms with Gasteiger partial charge in [-0.2, -0.15) is 0 Å². The van der Waals surface area contributed by atoms with Crippen molar-refractivity contribution >= 4 is 21.7 Å². The summed E-state index contributed by atoms with van der Waals surface area (Å²) in [6, 6.07) is 7.49. The fraction of sp³-hybridized carbons (Fsp3) is 0.214. The van der Waals surface area contributed by atoms with Gasteiger partial charge in [-0.05, 0) is 35.0 Å². The van der Waals surface area contributed by atoms with E-state index in [1.165, 1.54) is 18.3 Å². The molecule has 0 N–H and O–H groups in total. The molecule has 0 saturated heterocycles. The van der Waals surface area contributed by atoms with Crippen LogP contribution in [0.3, 0.4) is 0 Å². The summed E-state index contributed by atoms with van der Waals surface area (Å²) in [4.78, 5) is 5.65. The van der Waals surface area contributed by atoms with E-state index >= 15 is 0 Å². The summed E-state index contributed by atoms with van der Waals surface area (Å²) < 4.78 is 28.2. The third-order valence-electron chi connectivity index (χ3n) is 3.06. The minimum atomic E-state index is -0.444. The van der Waals surface area contributed by atoms with Gasteiger partial charge < -0.3 is 4.90 Å². The predicted octanol–water partition coefficient (Wildman–Crippen LogP) is 4.32. The minimum absolute atomic E-state index is 0.193. The molecule has 2 rings (SSSR count). The largest absolute Gasteiger partial charge is 0.350 e. The van der Waals surface area contributed by atoms with Gasteiger partial charge in [0.2, 0.25) is 0 Å². The fourth-order valence-corrected chi connectivity index (χ4v) is 2.18. The van der Waals surface area contributed by atoms with Crippen LogP contribution in [0.2, 0.25) is 0 Å². The van der Waals surface area contributed by atoms with Crippen LogP contribution in [0.5, 0.6) is 0 Å². The molecule has 0 fully saturated rings. The number of halogens is 3. The van der Waals surface area contributed by atoms with E-state index in [0.717, 1.165) is 0 Å². The quantitative estimate of drug-likeness (QED) is 0.835. The van der Waals surface area contributed by atoms with E-state index in [-0.39, 0.29) is 17.7 Å². The minimum Gasteiger partial charge on any atom is -0.350 e. The van der Waals surface area contributed by atoms with E-state index in [0.29, 0.717) is 10.0 Å². The molecule has 1 aromatic carbocycles. The molecule has 0 amide bonds. The number of anilines is 1. The molecule has 1 atom stereocenters. The molecule has 2 nitrogen and oxygen atoms in total. The molecule has 1 unspecified atom stereocenters. The highest BCUT2D eigenvalue weighted by atomic mass is 79.9. The van der Waals surface area contributed by atoms with Gasteiger partial charge in [-0.3, -0.25) is 0 Å². The molecule has 0 bridgehead atoms. The van der Waals surface area contributed by atoms with Crippen molar-refractivity contribution < 1.29 is 8.78 Å². The Hall–Kier alpha value is -1.49. The number of benzene rings is 1. The Balaban J connectivity index is 2.33. The van der Waals surface area contributed by atoms with Crippen molar-refractivity contribution in [2.45, 2.75) is 13.0 Å². The predicted molar refractivity (Wildman–Crippen MR) is 75.1 cm³/mol. The number of hydrogen-bond donors (Lipinski definition) is 0. The van der Waals surface area contributed by atoms with Gasteiger partial charge in [-0.1, -0.05) is 18.2 Å². The van der Waals surface area contributed by atoms with Crippen LogP contribution >= 0.6 is 15.9 Å². The van der Waals surface area contributed by atoms with Crippen LogP contribution in [0.4, 0.5) is 14.6 Å². The second-order valence-electron chi connectivity index (χ2n) is 4.27. The molecule has 0 aliphatic heterocycles. The zero-order valence-electron chi connectivity index (χ0n) is 10.6.